The fraction of sp³-hybridized carbons (Fsp3) is 0.417. The first kappa shape index (κ1) is 15.8. The molecule has 19 heavy (non-hydrogen) atoms. The number of sulfone groups is 1. The van der Waals surface area contributed by atoms with E-state index in [0.29, 0.717) is 11.4 Å². The Bertz CT molecular complexity index is 553. The molecular formula is C12H15ClO5S. The molecule has 0 saturated heterocycles. The minimum Gasteiger partial charge on any atom is -0.493 e. The Hall–Kier alpha value is -1.27. The lowest BCUT2D eigenvalue weighted by atomic mass is 10.2. The second-order valence-electron chi connectivity index (χ2n) is 3.88. The molecule has 0 unspecified atom stereocenters. The van der Waals surface area contributed by atoms with Crippen LogP contribution in [0.2, 0.25) is 5.02 Å². The summed E-state index contributed by atoms with van der Waals surface area (Å²) >= 11 is 5.76. The highest BCUT2D eigenvalue weighted by Gasteiger charge is 2.12. The summed E-state index contributed by atoms with van der Waals surface area (Å²) < 4.78 is 27.8. The van der Waals surface area contributed by atoms with Gasteiger partial charge >= 0.3 is 5.97 Å². The highest BCUT2D eigenvalue weighted by molar-refractivity contribution is 7.91. The van der Waals surface area contributed by atoms with E-state index in [0.717, 1.165) is 0 Å². The number of halogens is 1. The highest BCUT2D eigenvalue weighted by atomic mass is 35.5. The van der Waals surface area contributed by atoms with Crippen LogP contribution in [0.25, 0.3) is 0 Å². The molecule has 1 aromatic carbocycles. The van der Waals surface area contributed by atoms with Gasteiger partial charge in [0.2, 0.25) is 0 Å². The van der Waals surface area contributed by atoms with Gasteiger partial charge in [-0.3, -0.25) is 0 Å². The largest absolute Gasteiger partial charge is 0.493 e. The van der Waals surface area contributed by atoms with Gasteiger partial charge in [0, 0.05) is 10.8 Å². The summed E-state index contributed by atoms with van der Waals surface area (Å²) in [5, 5.41) is 9.32. The maximum absolute atomic E-state index is 11.3. The van der Waals surface area contributed by atoms with Gasteiger partial charge in [0.05, 0.1) is 12.4 Å². The van der Waals surface area contributed by atoms with E-state index in [-0.39, 0.29) is 29.4 Å². The lowest BCUT2D eigenvalue weighted by Crippen LogP contribution is -2.12. The van der Waals surface area contributed by atoms with Crippen LogP contribution in [0.3, 0.4) is 0 Å². The first-order valence-electron chi connectivity index (χ1n) is 5.72. The Morgan fingerprint density at radius 1 is 1.42 bits per heavy atom. The zero-order valence-electron chi connectivity index (χ0n) is 10.4. The molecule has 1 rings (SSSR count). The Morgan fingerprint density at radius 3 is 2.68 bits per heavy atom. The summed E-state index contributed by atoms with van der Waals surface area (Å²) in [6.07, 6.45) is 0.307. The number of hydrogen-bond acceptors (Lipinski definition) is 4. The van der Waals surface area contributed by atoms with Gasteiger partial charge in [-0.15, -0.1) is 0 Å². The van der Waals surface area contributed by atoms with Crippen molar-refractivity contribution in [2.75, 3.05) is 18.1 Å². The molecule has 0 atom stereocenters. The first-order chi connectivity index (χ1) is 8.85. The summed E-state index contributed by atoms with van der Waals surface area (Å²) in [7, 11) is -3.03. The molecule has 0 saturated carbocycles. The van der Waals surface area contributed by atoms with Crippen molar-refractivity contribution in [1.29, 1.82) is 0 Å². The lowest BCUT2D eigenvalue weighted by molar-refractivity contribution is 0.0692. The van der Waals surface area contributed by atoms with Gasteiger partial charge in [-0.1, -0.05) is 18.5 Å². The Labute approximate surface area is 117 Å². The number of hydrogen-bond donors (Lipinski definition) is 1. The predicted octanol–water partition coefficient (Wildman–Crippen LogP) is 2.24. The summed E-state index contributed by atoms with van der Waals surface area (Å²) in [6, 6.07) is 4.21. The summed E-state index contributed by atoms with van der Waals surface area (Å²) in [5.74, 6) is -0.862. The second kappa shape index (κ2) is 6.77. The van der Waals surface area contributed by atoms with Crippen molar-refractivity contribution in [3.8, 4) is 5.75 Å². The number of carboxylic acids is 1. The van der Waals surface area contributed by atoms with Crippen LogP contribution in [-0.2, 0) is 9.84 Å². The van der Waals surface area contributed by atoms with E-state index >= 15 is 0 Å². The van der Waals surface area contributed by atoms with E-state index in [2.05, 4.69) is 0 Å². The van der Waals surface area contributed by atoms with E-state index in [1.54, 1.807) is 6.92 Å². The minimum atomic E-state index is -3.03. The van der Waals surface area contributed by atoms with Crippen molar-refractivity contribution in [2.45, 2.75) is 13.3 Å². The third kappa shape index (κ3) is 5.08. The standard InChI is InChI=1S/C12H15ClO5S/c1-2-19(16,17)7-3-6-18-11-8-9(13)4-5-10(11)12(14)15/h4-5,8H,2-3,6-7H2,1H3,(H,14,15). The second-order valence-corrected chi connectivity index (χ2v) is 6.79. The Balaban J connectivity index is 2.63. The molecule has 0 spiro atoms. The van der Waals surface area contributed by atoms with E-state index in [9.17, 15) is 13.2 Å². The maximum atomic E-state index is 11.3. The molecule has 7 heteroatoms. The Kier molecular flexibility index (Phi) is 5.62. The fourth-order valence-electron chi connectivity index (χ4n) is 1.40. The first-order valence-corrected chi connectivity index (χ1v) is 7.91. The van der Waals surface area contributed by atoms with Crippen molar-refractivity contribution >= 4 is 27.4 Å². The minimum absolute atomic E-state index is 0.00255. The van der Waals surface area contributed by atoms with Crippen molar-refractivity contribution < 1.29 is 23.1 Å². The van der Waals surface area contributed by atoms with Crippen LogP contribution >= 0.6 is 11.6 Å². The topological polar surface area (TPSA) is 80.7 Å². The number of carbonyl (C=O) groups is 1. The zero-order valence-corrected chi connectivity index (χ0v) is 12.0. The van der Waals surface area contributed by atoms with Gasteiger partial charge in [-0.05, 0) is 24.6 Å². The SMILES string of the molecule is CCS(=O)(=O)CCCOc1cc(Cl)ccc1C(=O)O. The monoisotopic (exact) mass is 306 g/mol. The number of ether oxygens (including phenoxy) is 1. The predicted molar refractivity (Wildman–Crippen MR) is 72.9 cm³/mol. The van der Waals surface area contributed by atoms with Crippen LogP contribution in [-0.4, -0.2) is 37.6 Å². The summed E-state index contributed by atoms with van der Waals surface area (Å²) in [5.41, 5.74) is 0.00255. The van der Waals surface area contributed by atoms with E-state index in [1.165, 1.54) is 18.2 Å². The molecule has 1 aromatic rings. The van der Waals surface area contributed by atoms with Crippen molar-refractivity contribution in [3.63, 3.8) is 0 Å². The average molecular weight is 307 g/mol. The average Bonchev–Trinajstić information content (AvgIpc) is 2.34. The maximum Gasteiger partial charge on any atom is 0.339 e. The van der Waals surface area contributed by atoms with Crippen LogP contribution in [0, 0.1) is 0 Å². The number of carboxylic acid groups (broad SMARTS) is 1. The quantitative estimate of drug-likeness (QED) is 0.781. The molecule has 0 aliphatic heterocycles. The highest BCUT2D eigenvalue weighted by Crippen LogP contribution is 2.23. The fourth-order valence-corrected chi connectivity index (χ4v) is 2.41. The van der Waals surface area contributed by atoms with Crippen molar-refractivity contribution in [3.05, 3.63) is 28.8 Å². The van der Waals surface area contributed by atoms with E-state index in [4.69, 9.17) is 21.4 Å². The lowest BCUT2D eigenvalue weighted by Gasteiger charge is -2.09. The number of rotatable bonds is 7. The van der Waals surface area contributed by atoms with Gasteiger partial charge in [0.25, 0.3) is 0 Å². The molecule has 0 radical (unpaired) electrons. The van der Waals surface area contributed by atoms with Crippen LogP contribution in [0.5, 0.6) is 5.75 Å². The molecule has 0 bridgehead atoms. The molecule has 106 valence electrons. The third-order valence-corrected chi connectivity index (χ3v) is 4.50. The molecule has 0 fully saturated rings. The number of aromatic carboxylic acids is 1. The van der Waals surface area contributed by atoms with Crippen LogP contribution < -0.4 is 4.74 Å². The smallest absolute Gasteiger partial charge is 0.339 e. The van der Waals surface area contributed by atoms with Crippen molar-refractivity contribution in [1.82, 2.24) is 0 Å². The van der Waals surface area contributed by atoms with Gasteiger partial charge in [0.15, 0.2) is 0 Å². The molecule has 0 heterocycles. The van der Waals surface area contributed by atoms with Crippen LogP contribution in [0.15, 0.2) is 18.2 Å². The van der Waals surface area contributed by atoms with Gasteiger partial charge < -0.3 is 9.84 Å². The summed E-state index contributed by atoms with van der Waals surface area (Å²) in [4.78, 5) is 11.0. The normalized spacial score (nSPS) is 11.3. The van der Waals surface area contributed by atoms with Crippen molar-refractivity contribution in [2.24, 2.45) is 0 Å². The van der Waals surface area contributed by atoms with Crippen LogP contribution in [0.1, 0.15) is 23.7 Å². The molecular weight excluding hydrogens is 292 g/mol. The van der Waals surface area contributed by atoms with E-state index in [1.807, 2.05) is 0 Å². The number of benzene rings is 1. The van der Waals surface area contributed by atoms with Gasteiger partial charge in [-0.2, -0.15) is 0 Å². The molecule has 0 aromatic heterocycles. The molecule has 5 nitrogen and oxygen atoms in total. The van der Waals surface area contributed by atoms with Gasteiger partial charge in [0.1, 0.15) is 21.2 Å². The van der Waals surface area contributed by atoms with Crippen LogP contribution in [0.4, 0.5) is 0 Å². The van der Waals surface area contributed by atoms with E-state index < -0.39 is 15.8 Å². The molecule has 0 aliphatic rings. The molecule has 0 aliphatic carbocycles. The zero-order chi connectivity index (χ0) is 14.5. The molecule has 1 N–H and O–H groups in total. The van der Waals surface area contributed by atoms with Gasteiger partial charge in [-0.25, -0.2) is 13.2 Å². The molecule has 0 amide bonds. The Morgan fingerprint density at radius 2 is 2.11 bits per heavy atom. The third-order valence-electron chi connectivity index (χ3n) is 2.47. The summed E-state index contributed by atoms with van der Waals surface area (Å²) in [6.45, 7) is 1.70.